The van der Waals surface area contributed by atoms with E-state index in [-0.39, 0.29) is 11.4 Å². The third kappa shape index (κ3) is 3.56. The Morgan fingerprint density at radius 3 is 2.68 bits per heavy atom. The zero-order valence-electron chi connectivity index (χ0n) is 14.8. The van der Waals surface area contributed by atoms with Crippen molar-refractivity contribution >= 4 is 11.8 Å². The molecular weight excluding hydrogens is 318 g/mol. The van der Waals surface area contributed by atoms with Crippen LogP contribution in [-0.4, -0.2) is 78.3 Å². The summed E-state index contributed by atoms with van der Waals surface area (Å²) in [5.74, 6) is 0.898. The van der Waals surface area contributed by atoms with Gasteiger partial charge in [0.15, 0.2) is 0 Å². The highest BCUT2D eigenvalue weighted by Gasteiger charge is 2.41. The maximum atomic E-state index is 12.8. The van der Waals surface area contributed by atoms with Crippen LogP contribution in [0, 0.1) is 5.41 Å². The van der Waals surface area contributed by atoms with Crippen LogP contribution < -0.4 is 4.90 Å². The monoisotopic (exact) mass is 345 g/mol. The molecule has 0 aliphatic carbocycles. The molecule has 3 fully saturated rings. The predicted octanol–water partition coefficient (Wildman–Crippen LogP) is 1.61. The van der Waals surface area contributed by atoms with Crippen LogP contribution in [0.3, 0.4) is 0 Å². The Balaban J connectivity index is 1.49. The molecule has 25 heavy (non-hydrogen) atoms. The number of carbonyl (C=O) groups is 1. The normalized spacial score (nSPS) is 27.6. The van der Waals surface area contributed by atoms with Crippen molar-refractivity contribution in [3.63, 3.8) is 0 Å². The molecule has 1 aromatic heterocycles. The second kappa shape index (κ2) is 7.15. The number of rotatable bonds is 1. The number of anilines is 1. The SMILES string of the molecule is O=C(N1CCCC1)N1CCC[C@@]2(COCCN(c3cnccn3)C2)C1. The number of piperidine rings is 1. The van der Waals surface area contributed by atoms with Gasteiger partial charge in [0.1, 0.15) is 5.82 Å². The lowest BCUT2D eigenvalue weighted by atomic mass is 9.80. The Kier molecular flexibility index (Phi) is 4.74. The fraction of sp³-hybridized carbons (Fsp3) is 0.722. The smallest absolute Gasteiger partial charge is 0.320 e. The molecule has 4 heterocycles. The van der Waals surface area contributed by atoms with E-state index in [1.165, 1.54) is 0 Å². The average Bonchev–Trinajstić information content (AvgIpc) is 3.12. The van der Waals surface area contributed by atoms with Gasteiger partial charge in [-0.25, -0.2) is 9.78 Å². The summed E-state index contributed by atoms with van der Waals surface area (Å²) in [6, 6.07) is 0.215. The average molecular weight is 345 g/mol. The first-order chi connectivity index (χ1) is 12.3. The molecule has 3 saturated heterocycles. The molecule has 0 unspecified atom stereocenters. The number of hydrogen-bond donors (Lipinski definition) is 0. The Morgan fingerprint density at radius 2 is 1.88 bits per heavy atom. The van der Waals surface area contributed by atoms with Gasteiger partial charge in [-0.05, 0) is 25.7 Å². The van der Waals surface area contributed by atoms with Gasteiger partial charge in [-0.3, -0.25) is 4.98 Å². The maximum Gasteiger partial charge on any atom is 0.320 e. The van der Waals surface area contributed by atoms with Gasteiger partial charge in [0.2, 0.25) is 0 Å². The summed E-state index contributed by atoms with van der Waals surface area (Å²) in [5.41, 5.74) is -0.0122. The molecule has 4 rings (SSSR count). The van der Waals surface area contributed by atoms with Gasteiger partial charge < -0.3 is 19.4 Å². The minimum absolute atomic E-state index is 0.0122. The molecule has 1 spiro atoms. The lowest BCUT2D eigenvalue weighted by molar-refractivity contribution is 0.0200. The fourth-order valence-electron chi connectivity index (χ4n) is 4.37. The van der Waals surface area contributed by atoms with E-state index >= 15 is 0 Å². The number of aromatic nitrogens is 2. The molecule has 136 valence electrons. The van der Waals surface area contributed by atoms with Crippen molar-refractivity contribution in [3.05, 3.63) is 18.6 Å². The summed E-state index contributed by atoms with van der Waals surface area (Å²) in [7, 11) is 0. The topological polar surface area (TPSA) is 61.8 Å². The molecule has 0 N–H and O–H groups in total. The van der Waals surface area contributed by atoms with E-state index < -0.39 is 0 Å². The van der Waals surface area contributed by atoms with Crippen molar-refractivity contribution in [2.75, 3.05) is 57.4 Å². The molecule has 1 atom stereocenters. The minimum atomic E-state index is -0.0122. The highest BCUT2D eigenvalue weighted by Crippen LogP contribution is 2.34. The number of likely N-dealkylation sites (tertiary alicyclic amines) is 2. The summed E-state index contributed by atoms with van der Waals surface area (Å²) in [5, 5.41) is 0. The van der Waals surface area contributed by atoms with Gasteiger partial charge in [-0.2, -0.15) is 0 Å². The molecule has 7 nitrogen and oxygen atoms in total. The Morgan fingerprint density at radius 1 is 1.04 bits per heavy atom. The van der Waals surface area contributed by atoms with Gasteiger partial charge in [-0.15, -0.1) is 0 Å². The van der Waals surface area contributed by atoms with E-state index in [1.54, 1.807) is 12.4 Å². The van der Waals surface area contributed by atoms with E-state index in [9.17, 15) is 4.79 Å². The Labute approximate surface area is 149 Å². The van der Waals surface area contributed by atoms with Crippen LogP contribution in [0.1, 0.15) is 25.7 Å². The van der Waals surface area contributed by atoms with Crippen LogP contribution in [0.2, 0.25) is 0 Å². The van der Waals surface area contributed by atoms with E-state index in [1.807, 2.05) is 11.1 Å². The zero-order chi connectivity index (χ0) is 17.1. The molecule has 2 amide bonds. The van der Waals surface area contributed by atoms with Gasteiger partial charge in [-0.1, -0.05) is 0 Å². The number of urea groups is 1. The van der Waals surface area contributed by atoms with Crippen molar-refractivity contribution in [2.45, 2.75) is 25.7 Å². The lowest BCUT2D eigenvalue weighted by Crippen LogP contribution is -2.54. The molecule has 3 aliphatic heterocycles. The van der Waals surface area contributed by atoms with Crippen LogP contribution in [0.4, 0.5) is 10.6 Å². The zero-order valence-corrected chi connectivity index (χ0v) is 14.8. The molecule has 1 aromatic rings. The largest absolute Gasteiger partial charge is 0.379 e. The Bertz CT molecular complexity index is 592. The molecule has 0 radical (unpaired) electrons. The van der Waals surface area contributed by atoms with Crippen molar-refractivity contribution in [2.24, 2.45) is 5.41 Å². The molecular formula is C18H27N5O2. The van der Waals surface area contributed by atoms with Gasteiger partial charge in [0, 0.05) is 57.1 Å². The maximum absolute atomic E-state index is 12.8. The highest BCUT2D eigenvalue weighted by molar-refractivity contribution is 5.75. The number of nitrogens with zero attached hydrogens (tertiary/aromatic N) is 5. The first kappa shape index (κ1) is 16.6. The number of amides is 2. The van der Waals surface area contributed by atoms with Crippen LogP contribution in [0.5, 0.6) is 0 Å². The van der Waals surface area contributed by atoms with E-state index in [2.05, 4.69) is 19.8 Å². The first-order valence-electron chi connectivity index (χ1n) is 9.38. The van der Waals surface area contributed by atoms with E-state index in [0.717, 1.165) is 70.8 Å². The van der Waals surface area contributed by atoms with Gasteiger partial charge in [0.05, 0.1) is 19.4 Å². The molecule has 7 heteroatoms. The summed E-state index contributed by atoms with van der Waals surface area (Å²) < 4.78 is 5.95. The van der Waals surface area contributed by atoms with Crippen molar-refractivity contribution in [1.82, 2.24) is 19.8 Å². The van der Waals surface area contributed by atoms with E-state index in [0.29, 0.717) is 13.2 Å². The fourth-order valence-corrected chi connectivity index (χ4v) is 4.37. The van der Waals surface area contributed by atoms with Crippen LogP contribution in [0.25, 0.3) is 0 Å². The quantitative estimate of drug-likeness (QED) is 0.774. The molecule has 3 aliphatic rings. The minimum Gasteiger partial charge on any atom is -0.379 e. The third-order valence-corrected chi connectivity index (χ3v) is 5.62. The number of ether oxygens (including phenoxy) is 1. The molecule has 0 saturated carbocycles. The summed E-state index contributed by atoms with van der Waals surface area (Å²) in [4.78, 5) is 27.8. The van der Waals surface area contributed by atoms with Gasteiger partial charge >= 0.3 is 6.03 Å². The summed E-state index contributed by atoms with van der Waals surface area (Å²) >= 11 is 0. The predicted molar refractivity (Wildman–Crippen MR) is 94.5 cm³/mol. The summed E-state index contributed by atoms with van der Waals surface area (Å²) in [6.45, 7) is 6.55. The van der Waals surface area contributed by atoms with Gasteiger partial charge in [0.25, 0.3) is 0 Å². The summed E-state index contributed by atoms with van der Waals surface area (Å²) in [6.07, 6.45) is 9.64. The third-order valence-electron chi connectivity index (χ3n) is 5.62. The number of carbonyl (C=O) groups excluding carboxylic acids is 1. The molecule has 0 bridgehead atoms. The van der Waals surface area contributed by atoms with Crippen molar-refractivity contribution in [1.29, 1.82) is 0 Å². The molecule has 0 aromatic carbocycles. The second-order valence-corrected chi connectivity index (χ2v) is 7.54. The van der Waals surface area contributed by atoms with Crippen LogP contribution in [-0.2, 0) is 4.74 Å². The second-order valence-electron chi connectivity index (χ2n) is 7.54. The first-order valence-corrected chi connectivity index (χ1v) is 9.38. The lowest BCUT2D eigenvalue weighted by Gasteiger charge is -2.44. The van der Waals surface area contributed by atoms with Crippen LogP contribution in [0.15, 0.2) is 18.6 Å². The standard InChI is InChI=1S/C18H27N5O2/c24-17(21-7-1-2-8-21)23-9-3-4-18(14-23)13-22(10-11-25-15-18)16-12-19-5-6-20-16/h5-6,12H,1-4,7-11,13-15H2/t18-/m0/s1. The van der Waals surface area contributed by atoms with Crippen LogP contribution >= 0.6 is 0 Å². The number of hydrogen-bond acceptors (Lipinski definition) is 5. The highest BCUT2D eigenvalue weighted by atomic mass is 16.5. The Hall–Kier alpha value is -1.89. The van der Waals surface area contributed by atoms with E-state index in [4.69, 9.17) is 4.74 Å². The van der Waals surface area contributed by atoms with Crippen molar-refractivity contribution in [3.8, 4) is 0 Å². The van der Waals surface area contributed by atoms with Crippen molar-refractivity contribution < 1.29 is 9.53 Å².